The highest BCUT2D eigenvalue weighted by Gasteiger charge is 2.15. The fraction of sp³-hybridized carbons (Fsp3) is 0.583. The fourth-order valence-electron chi connectivity index (χ4n) is 1.47. The van der Waals surface area contributed by atoms with Gasteiger partial charge in [-0.15, -0.1) is 0 Å². The van der Waals surface area contributed by atoms with Gasteiger partial charge < -0.3 is 9.73 Å². The van der Waals surface area contributed by atoms with Crippen LogP contribution < -0.4 is 10.6 Å². The van der Waals surface area contributed by atoms with Gasteiger partial charge >= 0.3 is 0 Å². The van der Waals surface area contributed by atoms with Gasteiger partial charge in [0.05, 0.1) is 18.6 Å². The van der Waals surface area contributed by atoms with Gasteiger partial charge in [-0.25, -0.2) is 0 Å². The lowest BCUT2D eigenvalue weighted by atomic mass is 10.1. The van der Waals surface area contributed by atoms with Gasteiger partial charge in [0.25, 0.3) is 0 Å². The predicted molar refractivity (Wildman–Crippen MR) is 63.0 cm³/mol. The van der Waals surface area contributed by atoms with Gasteiger partial charge in [-0.05, 0) is 26.3 Å². The van der Waals surface area contributed by atoms with Crippen molar-refractivity contribution in [2.24, 2.45) is 0 Å². The third kappa shape index (κ3) is 3.70. The Morgan fingerprint density at radius 2 is 2.25 bits per heavy atom. The van der Waals surface area contributed by atoms with E-state index in [-0.39, 0.29) is 18.0 Å². The highest BCUT2D eigenvalue weighted by molar-refractivity contribution is 5.81. The molecule has 0 bridgehead atoms. The van der Waals surface area contributed by atoms with Crippen molar-refractivity contribution in [2.75, 3.05) is 6.54 Å². The van der Waals surface area contributed by atoms with Gasteiger partial charge in [-0.1, -0.05) is 6.92 Å². The summed E-state index contributed by atoms with van der Waals surface area (Å²) in [6.07, 6.45) is 4.28. The van der Waals surface area contributed by atoms with Crippen LogP contribution in [0.15, 0.2) is 23.0 Å². The molecule has 0 aliphatic rings. The first-order valence-corrected chi connectivity index (χ1v) is 5.71. The van der Waals surface area contributed by atoms with E-state index in [1.165, 1.54) is 0 Å². The molecule has 4 nitrogen and oxygen atoms in total. The average molecular weight is 224 g/mol. The summed E-state index contributed by atoms with van der Waals surface area (Å²) in [7, 11) is 0. The Labute approximate surface area is 96.4 Å². The normalized spacial score (nSPS) is 14.4. The Morgan fingerprint density at radius 1 is 1.50 bits per heavy atom. The predicted octanol–water partition coefficient (Wildman–Crippen LogP) is 1.84. The molecule has 1 aromatic heterocycles. The van der Waals surface area contributed by atoms with Gasteiger partial charge in [-0.3, -0.25) is 10.1 Å². The zero-order chi connectivity index (χ0) is 12.0. The van der Waals surface area contributed by atoms with Gasteiger partial charge in [-0.2, -0.15) is 0 Å². The van der Waals surface area contributed by atoms with Crippen molar-refractivity contribution in [3.8, 4) is 0 Å². The zero-order valence-corrected chi connectivity index (χ0v) is 10.1. The Bertz CT molecular complexity index is 309. The topological polar surface area (TPSA) is 54.3 Å². The number of hydrogen-bond donors (Lipinski definition) is 2. The van der Waals surface area contributed by atoms with E-state index in [0.717, 1.165) is 18.5 Å². The largest absolute Gasteiger partial charge is 0.472 e. The summed E-state index contributed by atoms with van der Waals surface area (Å²) in [5.41, 5.74) is 1.05. The van der Waals surface area contributed by atoms with Crippen molar-refractivity contribution in [1.29, 1.82) is 0 Å². The summed E-state index contributed by atoms with van der Waals surface area (Å²) >= 11 is 0. The Hall–Kier alpha value is -1.29. The van der Waals surface area contributed by atoms with Crippen molar-refractivity contribution in [1.82, 2.24) is 10.6 Å². The summed E-state index contributed by atoms with van der Waals surface area (Å²) in [5.74, 6) is 0.0391. The fourth-order valence-corrected chi connectivity index (χ4v) is 1.47. The van der Waals surface area contributed by atoms with Crippen molar-refractivity contribution in [3.63, 3.8) is 0 Å². The van der Waals surface area contributed by atoms with E-state index in [2.05, 4.69) is 10.6 Å². The molecule has 2 unspecified atom stereocenters. The van der Waals surface area contributed by atoms with Crippen LogP contribution in [0.3, 0.4) is 0 Å². The maximum Gasteiger partial charge on any atom is 0.236 e. The Kier molecular flexibility index (Phi) is 5.05. The van der Waals surface area contributed by atoms with Gasteiger partial charge in [0.15, 0.2) is 0 Å². The maximum atomic E-state index is 11.6. The lowest BCUT2D eigenvalue weighted by molar-refractivity contribution is -0.122. The second-order valence-corrected chi connectivity index (χ2v) is 3.96. The van der Waals surface area contributed by atoms with Crippen LogP contribution in [0.25, 0.3) is 0 Å². The van der Waals surface area contributed by atoms with Crippen LogP contribution in [0, 0.1) is 0 Å². The molecule has 0 saturated heterocycles. The minimum Gasteiger partial charge on any atom is -0.472 e. The second-order valence-electron chi connectivity index (χ2n) is 3.96. The van der Waals surface area contributed by atoms with E-state index < -0.39 is 0 Å². The van der Waals surface area contributed by atoms with Crippen molar-refractivity contribution < 1.29 is 9.21 Å². The minimum absolute atomic E-state index is 0.0391. The lowest BCUT2D eigenvalue weighted by Crippen LogP contribution is -2.43. The number of nitrogens with one attached hydrogen (secondary N) is 2. The highest BCUT2D eigenvalue weighted by Crippen LogP contribution is 2.12. The third-order valence-electron chi connectivity index (χ3n) is 2.49. The molecule has 16 heavy (non-hydrogen) atoms. The van der Waals surface area contributed by atoms with Crippen LogP contribution in [0.4, 0.5) is 0 Å². The van der Waals surface area contributed by atoms with E-state index in [1.807, 2.05) is 26.8 Å². The molecule has 1 rings (SSSR count). The molecule has 0 radical (unpaired) electrons. The van der Waals surface area contributed by atoms with E-state index in [4.69, 9.17) is 4.42 Å². The van der Waals surface area contributed by atoms with Crippen LogP contribution in [0.1, 0.15) is 38.8 Å². The van der Waals surface area contributed by atoms with Crippen LogP contribution in [-0.4, -0.2) is 18.5 Å². The van der Waals surface area contributed by atoms with Gasteiger partial charge in [0.1, 0.15) is 0 Å². The Morgan fingerprint density at radius 3 is 2.81 bits per heavy atom. The molecule has 2 N–H and O–H groups in total. The standard InChI is InChI=1S/C12H20N2O2/c1-4-6-13-12(15)10(3)14-9(2)11-5-7-16-8-11/h5,7-10,14H,4,6H2,1-3H3,(H,13,15). The molecule has 0 saturated carbocycles. The molecule has 0 fully saturated rings. The number of hydrogen-bond acceptors (Lipinski definition) is 3. The van der Waals surface area contributed by atoms with Crippen molar-refractivity contribution >= 4 is 5.91 Å². The molecular formula is C12H20N2O2. The quantitative estimate of drug-likeness (QED) is 0.775. The number of amides is 1. The Balaban J connectivity index is 2.38. The van der Waals surface area contributed by atoms with Gasteiger partial charge in [0, 0.05) is 18.2 Å². The third-order valence-corrected chi connectivity index (χ3v) is 2.49. The zero-order valence-electron chi connectivity index (χ0n) is 10.1. The number of carbonyl (C=O) groups excluding carboxylic acids is 1. The van der Waals surface area contributed by atoms with Gasteiger partial charge in [0.2, 0.25) is 5.91 Å². The molecule has 90 valence electrons. The second kappa shape index (κ2) is 6.33. The summed E-state index contributed by atoms with van der Waals surface area (Å²) in [5, 5.41) is 6.08. The molecule has 0 spiro atoms. The molecule has 1 heterocycles. The minimum atomic E-state index is -0.198. The van der Waals surface area contributed by atoms with E-state index >= 15 is 0 Å². The summed E-state index contributed by atoms with van der Waals surface area (Å²) in [6, 6.07) is 1.81. The van der Waals surface area contributed by atoms with E-state index in [9.17, 15) is 4.79 Å². The SMILES string of the molecule is CCCNC(=O)C(C)NC(C)c1ccoc1. The first-order chi connectivity index (χ1) is 7.65. The highest BCUT2D eigenvalue weighted by atomic mass is 16.3. The molecule has 2 atom stereocenters. The van der Waals surface area contributed by atoms with Crippen LogP contribution in [-0.2, 0) is 4.79 Å². The number of carbonyl (C=O) groups is 1. The van der Waals surface area contributed by atoms with E-state index in [1.54, 1.807) is 12.5 Å². The maximum absolute atomic E-state index is 11.6. The molecule has 0 aliphatic carbocycles. The first-order valence-electron chi connectivity index (χ1n) is 5.71. The number of furan rings is 1. The molecule has 4 heteroatoms. The number of rotatable bonds is 6. The van der Waals surface area contributed by atoms with Crippen LogP contribution >= 0.6 is 0 Å². The molecule has 0 aliphatic heterocycles. The molecule has 1 amide bonds. The average Bonchev–Trinajstić information content (AvgIpc) is 2.79. The van der Waals surface area contributed by atoms with E-state index in [0.29, 0.717) is 0 Å². The molecule has 1 aromatic rings. The lowest BCUT2D eigenvalue weighted by Gasteiger charge is -2.18. The van der Waals surface area contributed by atoms with Crippen LogP contribution in [0.5, 0.6) is 0 Å². The molecule has 0 aromatic carbocycles. The van der Waals surface area contributed by atoms with Crippen molar-refractivity contribution in [3.05, 3.63) is 24.2 Å². The summed E-state index contributed by atoms with van der Waals surface area (Å²) < 4.78 is 5.00. The van der Waals surface area contributed by atoms with Crippen molar-refractivity contribution in [2.45, 2.75) is 39.3 Å². The smallest absolute Gasteiger partial charge is 0.236 e. The first kappa shape index (κ1) is 12.8. The van der Waals surface area contributed by atoms with Crippen LogP contribution in [0.2, 0.25) is 0 Å². The summed E-state index contributed by atoms with van der Waals surface area (Å²) in [4.78, 5) is 11.6. The molecular weight excluding hydrogens is 204 g/mol. The summed E-state index contributed by atoms with van der Waals surface area (Å²) in [6.45, 7) is 6.63. The monoisotopic (exact) mass is 224 g/mol.